The van der Waals surface area contributed by atoms with Gasteiger partial charge in [0.25, 0.3) is 0 Å². The molecule has 2 aliphatic rings. The van der Waals surface area contributed by atoms with Crippen LogP contribution in [0.15, 0.2) is 18.2 Å². The van der Waals surface area contributed by atoms with Crippen LogP contribution in [0.2, 0.25) is 0 Å². The molecule has 1 amide bonds. The number of nitrogens with zero attached hydrogens (tertiary/aromatic N) is 1. The smallest absolute Gasteiger partial charge is 0.419 e. The fourth-order valence-electron chi connectivity index (χ4n) is 3.70. The Morgan fingerprint density at radius 3 is 2.41 bits per heavy atom. The molecule has 3 rings (SSSR count). The lowest BCUT2D eigenvalue weighted by atomic mass is 9.97. The van der Waals surface area contributed by atoms with E-state index in [4.69, 9.17) is 10.5 Å². The fraction of sp³-hybridized carbons (Fsp3) is 0.632. The third-order valence-corrected chi connectivity index (χ3v) is 5.26. The minimum Gasteiger partial charge on any atom is -0.442 e. The summed E-state index contributed by atoms with van der Waals surface area (Å²) >= 11 is 0. The van der Waals surface area contributed by atoms with Gasteiger partial charge in [-0.3, -0.25) is 4.90 Å². The third kappa shape index (κ3) is 4.54. The number of nitrogens with two attached hydrogens (primary N) is 1. The van der Waals surface area contributed by atoms with E-state index in [0.29, 0.717) is 37.4 Å². The second-order valence-electron chi connectivity index (χ2n) is 8.23. The van der Waals surface area contributed by atoms with Crippen molar-refractivity contribution < 1.29 is 27.1 Å². The first-order valence-electron chi connectivity index (χ1n) is 9.04. The summed E-state index contributed by atoms with van der Waals surface area (Å²) in [6.07, 6.45) is -2.14. The minimum atomic E-state index is -4.74. The third-order valence-electron chi connectivity index (χ3n) is 5.26. The molecule has 8 heteroatoms. The molecule has 4 nitrogen and oxygen atoms in total. The Bertz CT molecular complexity index is 725. The van der Waals surface area contributed by atoms with Crippen LogP contribution < -0.4 is 5.73 Å². The lowest BCUT2D eigenvalue weighted by Crippen LogP contribution is -2.48. The van der Waals surface area contributed by atoms with Gasteiger partial charge in [-0.1, -0.05) is 6.07 Å². The maximum Gasteiger partial charge on any atom is 0.419 e. The molecule has 2 N–H and O–H groups in total. The number of carbonyl (C=O) groups excluding carboxylic acids is 1. The van der Waals surface area contributed by atoms with Crippen molar-refractivity contribution in [2.75, 3.05) is 13.1 Å². The number of ether oxygens (including phenoxy) is 1. The van der Waals surface area contributed by atoms with Crippen LogP contribution in [0.1, 0.15) is 50.7 Å². The predicted molar refractivity (Wildman–Crippen MR) is 91.4 cm³/mol. The summed E-state index contributed by atoms with van der Waals surface area (Å²) in [4.78, 5) is 13.3. The topological polar surface area (TPSA) is 55.6 Å². The summed E-state index contributed by atoms with van der Waals surface area (Å²) in [7, 11) is 0. The zero-order valence-corrected chi connectivity index (χ0v) is 15.4. The van der Waals surface area contributed by atoms with E-state index in [-0.39, 0.29) is 0 Å². The van der Waals surface area contributed by atoms with Crippen LogP contribution in [0.25, 0.3) is 0 Å². The second-order valence-corrected chi connectivity index (χ2v) is 8.23. The standard InChI is InChI=1S/C19H24F4N2O2/c1-17(2,27-16(24)26)11-25(10-12-3-4-12)18(7-8-18)13-5-6-15(20)14(9-13)19(21,22)23/h5-6,9,12H,3-4,7-8,10-11H2,1-2H3,(H2,24,26). The van der Waals surface area contributed by atoms with E-state index in [1.165, 1.54) is 6.07 Å². The molecule has 0 saturated heterocycles. The summed E-state index contributed by atoms with van der Waals surface area (Å²) in [6, 6.07) is 3.24. The van der Waals surface area contributed by atoms with Crippen LogP contribution in [0.4, 0.5) is 22.4 Å². The maximum absolute atomic E-state index is 13.7. The van der Waals surface area contributed by atoms with Gasteiger partial charge < -0.3 is 10.5 Å². The number of hydrogen-bond acceptors (Lipinski definition) is 3. The molecule has 0 atom stereocenters. The number of primary amides is 1. The number of carbonyl (C=O) groups is 1. The number of hydrogen-bond donors (Lipinski definition) is 1. The molecule has 150 valence electrons. The first kappa shape index (κ1) is 19.9. The van der Waals surface area contributed by atoms with Crippen LogP contribution >= 0.6 is 0 Å². The first-order valence-corrected chi connectivity index (χ1v) is 9.04. The van der Waals surface area contributed by atoms with E-state index in [2.05, 4.69) is 4.90 Å². The van der Waals surface area contributed by atoms with Crippen molar-refractivity contribution in [2.24, 2.45) is 11.7 Å². The van der Waals surface area contributed by atoms with Crippen molar-refractivity contribution in [1.82, 2.24) is 4.90 Å². The minimum absolute atomic E-state index is 0.338. The molecule has 0 heterocycles. The summed E-state index contributed by atoms with van der Waals surface area (Å²) < 4.78 is 58.3. The van der Waals surface area contributed by atoms with Crippen molar-refractivity contribution in [1.29, 1.82) is 0 Å². The van der Waals surface area contributed by atoms with Gasteiger partial charge in [-0.15, -0.1) is 0 Å². The zero-order valence-electron chi connectivity index (χ0n) is 15.4. The molecule has 27 heavy (non-hydrogen) atoms. The molecular weight excluding hydrogens is 364 g/mol. The molecule has 2 fully saturated rings. The Morgan fingerprint density at radius 1 is 1.30 bits per heavy atom. The van der Waals surface area contributed by atoms with Gasteiger partial charge in [0.15, 0.2) is 0 Å². The maximum atomic E-state index is 13.7. The van der Waals surface area contributed by atoms with E-state index in [1.54, 1.807) is 13.8 Å². The van der Waals surface area contributed by atoms with Gasteiger partial charge in [-0.05, 0) is 63.1 Å². The fourth-order valence-corrected chi connectivity index (χ4v) is 3.70. The van der Waals surface area contributed by atoms with Crippen molar-refractivity contribution in [3.05, 3.63) is 35.1 Å². The number of benzene rings is 1. The summed E-state index contributed by atoms with van der Waals surface area (Å²) in [5.41, 5.74) is 2.87. The molecule has 2 aliphatic carbocycles. The average Bonchev–Trinajstić information content (AvgIpc) is 3.39. The highest BCUT2D eigenvalue weighted by molar-refractivity contribution is 5.65. The van der Waals surface area contributed by atoms with Crippen LogP contribution in [-0.4, -0.2) is 29.7 Å². The van der Waals surface area contributed by atoms with E-state index in [1.807, 2.05) is 0 Å². The highest BCUT2D eigenvalue weighted by Crippen LogP contribution is 2.53. The summed E-state index contributed by atoms with van der Waals surface area (Å²) in [5.74, 6) is -0.789. The Kier molecular flexibility index (Phi) is 4.91. The Hall–Kier alpha value is -1.83. The number of halogens is 4. The predicted octanol–water partition coefficient (Wildman–Crippen LogP) is 4.42. The lowest BCUT2D eigenvalue weighted by molar-refractivity contribution is -0.140. The van der Waals surface area contributed by atoms with Gasteiger partial charge in [-0.2, -0.15) is 13.2 Å². The van der Waals surface area contributed by atoms with Crippen molar-refractivity contribution in [3.8, 4) is 0 Å². The van der Waals surface area contributed by atoms with Crippen LogP contribution in [-0.2, 0) is 16.5 Å². The van der Waals surface area contributed by atoms with Gasteiger partial charge in [0.1, 0.15) is 11.4 Å². The number of rotatable bonds is 7. The highest BCUT2D eigenvalue weighted by atomic mass is 19.4. The molecule has 0 spiro atoms. The molecule has 2 saturated carbocycles. The van der Waals surface area contributed by atoms with E-state index in [9.17, 15) is 22.4 Å². The van der Waals surface area contributed by atoms with E-state index in [0.717, 1.165) is 25.0 Å². The Labute approximate surface area is 155 Å². The Balaban J connectivity index is 1.91. The molecule has 1 aromatic rings. The monoisotopic (exact) mass is 388 g/mol. The molecule has 0 aliphatic heterocycles. The number of alkyl halides is 3. The Morgan fingerprint density at radius 2 is 1.93 bits per heavy atom. The molecule has 0 aromatic heterocycles. The van der Waals surface area contributed by atoms with E-state index >= 15 is 0 Å². The summed E-state index contributed by atoms with van der Waals surface area (Å²) in [6.45, 7) is 4.48. The van der Waals surface area contributed by atoms with Gasteiger partial charge in [0.2, 0.25) is 0 Å². The first-order chi connectivity index (χ1) is 12.4. The van der Waals surface area contributed by atoms with Crippen molar-refractivity contribution in [2.45, 2.75) is 56.8 Å². The molecule has 1 aromatic carbocycles. The molecular formula is C19H24F4N2O2. The highest BCUT2D eigenvalue weighted by Gasteiger charge is 2.52. The normalized spacial score (nSPS) is 19.2. The zero-order chi connectivity index (χ0) is 20.0. The molecule has 0 unspecified atom stereocenters. The van der Waals surface area contributed by atoms with Crippen LogP contribution in [0.3, 0.4) is 0 Å². The van der Waals surface area contributed by atoms with E-state index < -0.39 is 34.8 Å². The lowest BCUT2D eigenvalue weighted by Gasteiger charge is -2.38. The van der Waals surface area contributed by atoms with Crippen molar-refractivity contribution in [3.63, 3.8) is 0 Å². The quantitative estimate of drug-likeness (QED) is 0.704. The molecule has 0 radical (unpaired) electrons. The van der Waals surface area contributed by atoms with Crippen LogP contribution in [0, 0.1) is 11.7 Å². The average molecular weight is 388 g/mol. The second kappa shape index (κ2) is 6.65. The van der Waals surface area contributed by atoms with Gasteiger partial charge in [0.05, 0.1) is 5.56 Å². The van der Waals surface area contributed by atoms with Crippen LogP contribution in [0.5, 0.6) is 0 Å². The summed E-state index contributed by atoms with van der Waals surface area (Å²) in [5, 5.41) is 0. The molecule has 0 bridgehead atoms. The van der Waals surface area contributed by atoms with Gasteiger partial charge >= 0.3 is 12.3 Å². The largest absolute Gasteiger partial charge is 0.442 e. The van der Waals surface area contributed by atoms with Crippen molar-refractivity contribution >= 4 is 6.09 Å². The van der Waals surface area contributed by atoms with Gasteiger partial charge in [-0.25, -0.2) is 9.18 Å². The van der Waals surface area contributed by atoms with Gasteiger partial charge in [0, 0.05) is 18.6 Å². The number of amides is 1. The SMILES string of the molecule is CC(C)(CN(CC1CC1)C1(c2ccc(F)c(C(F)(F)F)c2)CC1)OC(N)=O.